The Hall–Kier alpha value is -2.28. The molecule has 1 aromatic heterocycles. The van der Waals surface area contributed by atoms with E-state index >= 15 is 0 Å². The number of aromatic amines is 1. The molecule has 88 valence electrons. The lowest BCUT2D eigenvalue weighted by Crippen LogP contribution is -1.87. The van der Waals surface area contributed by atoms with Gasteiger partial charge in [0.2, 0.25) is 0 Å². The average molecular weight is 233 g/mol. The molecule has 3 rings (SSSR count). The van der Waals surface area contributed by atoms with Gasteiger partial charge >= 0.3 is 0 Å². The van der Waals surface area contributed by atoms with Gasteiger partial charge in [-0.2, -0.15) is 0 Å². The number of aromatic nitrogens is 1. The lowest BCUT2D eigenvalue weighted by Gasteiger charge is -2.04. The third-order valence-corrected chi connectivity index (χ3v) is 3.23. The molecule has 18 heavy (non-hydrogen) atoms. The van der Waals surface area contributed by atoms with Crippen LogP contribution in [0.2, 0.25) is 0 Å². The predicted octanol–water partition coefficient (Wildman–Crippen LogP) is 4.42. The van der Waals surface area contributed by atoms with Gasteiger partial charge in [-0.25, -0.2) is 0 Å². The molecule has 1 heteroatoms. The highest BCUT2D eigenvalue weighted by Gasteiger charge is 2.06. The van der Waals surface area contributed by atoms with Crippen LogP contribution in [0.3, 0.4) is 0 Å². The van der Waals surface area contributed by atoms with Crippen molar-refractivity contribution in [3.8, 4) is 0 Å². The highest BCUT2D eigenvalue weighted by atomic mass is 14.7. The van der Waals surface area contributed by atoms with Crippen LogP contribution in [0.25, 0.3) is 16.5 Å². The van der Waals surface area contributed by atoms with E-state index in [0.29, 0.717) is 0 Å². The molecule has 0 aliphatic rings. The number of H-pyrrole nitrogens is 1. The van der Waals surface area contributed by atoms with Crippen molar-refractivity contribution in [1.29, 1.82) is 0 Å². The molecule has 1 nitrogen and oxygen atoms in total. The molecule has 0 saturated carbocycles. The number of para-hydroxylation sites is 1. The Morgan fingerprint density at radius 3 is 2.50 bits per heavy atom. The fourth-order valence-electron chi connectivity index (χ4n) is 2.30. The third-order valence-electron chi connectivity index (χ3n) is 3.23. The number of nitrogens with one attached hydrogen (secondary N) is 1. The summed E-state index contributed by atoms with van der Waals surface area (Å²) >= 11 is 0. The van der Waals surface area contributed by atoms with Crippen LogP contribution in [-0.2, 0) is 6.42 Å². The standard InChI is InChI=1S/C17H15N/c1-13(11-14-7-3-2-4-8-14)16-12-18-17-10-6-5-9-15(16)17/h2-10,12,18H,1,11H2. The molecule has 0 radical (unpaired) electrons. The summed E-state index contributed by atoms with van der Waals surface area (Å²) in [5.41, 5.74) is 4.84. The molecular formula is C17H15N. The van der Waals surface area contributed by atoms with Crippen LogP contribution in [0.5, 0.6) is 0 Å². The van der Waals surface area contributed by atoms with Gasteiger partial charge in [0.25, 0.3) is 0 Å². The summed E-state index contributed by atoms with van der Waals surface area (Å²) in [6.07, 6.45) is 2.94. The van der Waals surface area contributed by atoms with Crippen LogP contribution >= 0.6 is 0 Å². The first-order valence-electron chi connectivity index (χ1n) is 6.13. The maximum Gasteiger partial charge on any atom is 0.0460 e. The highest BCUT2D eigenvalue weighted by Crippen LogP contribution is 2.26. The van der Waals surface area contributed by atoms with E-state index < -0.39 is 0 Å². The van der Waals surface area contributed by atoms with Crippen LogP contribution in [0.15, 0.2) is 67.4 Å². The normalized spacial score (nSPS) is 10.7. The lowest BCUT2D eigenvalue weighted by atomic mass is 9.99. The van der Waals surface area contributed by atoms with Crippen LogP contribution in [0.1, 0.15) is 11.1 Å². The monoisotopic (exact) mass is 233 g/mol. The van der Waals surface area contributed by atoms with E-state index in [0.717, 1.165) is 12.0 Å². The largest absolute Gasteiger partial charge is 0.361 e. The minimum absolute atomic E-state index is 0.892. The molecule has 3 aromatic rings. The summed E-state index contributed by atoms with van der Waals surface area (Å²) in [5.74, 6) is 0. The highest BCUT2D eigenvalue weighted by molar-refractivity contribution is 5.92. The molecular weight excluding hydrogens is 218 g/mol. The molecule has 0 spiro atoms. The molecule has 2 aromatic carbocycles. The maximum absolute atomic E-state index is 4.22. The zero-order valence-corrected chi connectivity index (χ0v) is 10.2. The van der Waals surface area contributed by atoms with Crippen molar-refractivity contribution in [2.24, 2.45) is 0 Å². The third kappa shape index (κ3) is 1.95. The Balaban J connectivity index is 1.93. The van der Waals surface area contributed by atoms with Gasteiger partial charge < -0.3 is 4.98 Å². The second kappa shape index (κ2) is 4.53. The van der Waals surface area contributed by atoms with Crippen molar-refractivity contribution in [2.45, 2.75) is 6.42 Å². The van der Waals surface area contributed by atoms with Crippen molar-refractivity contribution < 1.29 is 0 Å². The molecule has 0 fully saturated rings. The number of fused-ring (bicyclic) bond motifs is 1. The zero-order valence-electron chi connectivity index (χ0n) is 10.2. The van der Waals surface area contributed by atoms with Crippen molar-refractivity contribution >= 4 is 16.5 Å². The van der Waals surface area contributed by atoms with Crippen molar-refractivity contribution in [3.05, 3.63) is 78.5 Å². The van der Waals surface area contributed by atoms with Gasteiger partial charge in [0.15, 0.2) is 0 Å². The molecule has 0 aliphatic heterocycles. The van der Waals surface area contributed by atoms with Crippen LogP contribution < -0.4 is 0 Å². The summed E-state index contributed by atoms with van der Waals surface area (Å²) in [7, 11) is 0. The van der Waals surface area contributed by atoms with E-state index in [4.69, 9.17) is 0 Å². The molecule has 0 unspecified atom stereocenters. The Labute approximate surface area is 107 Å². The second-order valence-electron chi connectivity index (χ2n) is 4.51. The summed E-state index contributed by atoms with van der Waals surface area (Å²) in [5, 5.41) is 1.25. The van der Waals surface area contributed by atoms with Gasteiger partial charge in [-0.3, -0.25) is 0 Å². The average Bonchev–Trinajstić information content (AvgIpc) is 2.84. The molecule has 0 aliphatic carbocycles. The Bertz CT molecular complexity index is 677. The van der Waals surface area contributed by atoms with E-state index in [2.05, 4.69) is 60.2 Å². The van der Waals surface area contributed by atoms with Crippen molar-refractivity contribution in [1.82, 2.24) is 4.98 Å². The summed E-state index contributed by atoms with van der Waals surface area (Å²) in [4.78, 5) is 3.29. The van der Waals surface area contributed by atoms with Gasteiger partial charge in [-0.05, 0) is 23.6 Å². The molecule has 0 atom stereocenters. The smallest absolute Gasteiger partial charge is 0.0460 e. The number of allylic oxidation sites excluding steroid dienone is 1. The Kier molecular flexibility index (Phi) is 2.73. The minimum atomic E-state index is 0.892. The van der Waals surface area contributed by atoms with E-state index in [1.165, 1.54) is 22.0 Å². The van der Waals surface area contributed by atoms with Crippen LogP contribution in [-0.4, -0.2) is 4.98 Å². The van der Waals surface area contributed by atoms with Gasteiger partial charge in [-0.1, -0.05) is 55.1 Å². The van der Waals surface area contributed by atoms with Gasteiger partial charge in [0.05, 0.1) is 0 Å². The maximum atomic E-state index is 4.22. The van der Waals surface area contributed by atoms with Crippen LogP contribution in [0.4, 0.5) is 0 Å². The van der Waals surface area contributed by atoms with Gasteiger partial charge in [0, 0.05) is 22.7 Å². The summed E-state index contributed by atoms with van der Waals surface area (Å²) in [6.45, 7) is 4.22. The van der Waals surface area contributed by atoms with E-state index in [-0.39, 0.29) is 0 Å². The first kappa shape index (κ1) is 10.8. The Morgan fingerprint density at radius 1 is 0.944 bits per heavy atom. The molecule has 0 amide bonds. The minimum Gasteiger partial charge on any atom is -0.361 e. The Morgan fingerprint density at radius 2 is 1.67 bits per heavy atom. The first-order chi connectivity index (χ1) is 8.84. The SMILES string of the molecule is C=C(Cc1ccccc1)c1c[nH]c2ccccc12. The van der Waals surface area contributed by atoms with E-state index in [9.17, 15) is 0 Å². The first-order valence-corrected chi connectivity index (χ1v) is 6.13. The molecule has 0 saturated heterocycles. The van der Waals surface area contributed by atoms with E-state index in [1.54, 1.807) is 0 Å². The lowest BCUT2D eigenvalue weighted by molar-refractivity contribution is 1.29. The number of hydrogen-bond donors (Lipinski definition) is 1. The zero-order chi connectivity index (χ0) is 12.4. The van der Waals surface area contributed by atoms with E-state index in [1.807, 2.05) is 12.1 Å². The van der Waals surface area contributed by atoms with Crippen LogP contribution in [0, 0.1) is 0 Å². The van der Waals surface area contributed by atoms with Gasteiger partial charge in [0.1, 0.15) is 0 Å². The molecule has 1 heterocycles. The topological polar surface area (TPSA) is 15.8 Å². The van der Waals surface area contributed by atoms with Crippen molar-refractivity contribution in [2.75, 3.05) is 0 Å². The quantitative estimate of drug-likeness (QED) is 0.689. The number of hydrogen-bond acceptors (Lipinski definition) is 0. The van der Waals surface area contributed by atoms with Crippen molar-refractivity contribution in [3.63, 3.8) is 0 Å². The fraction of sp³-hybridized carbons (Fsp3) is 0.0588. The fourth-order valence-corrected chi connectivity index (χ4v) is 2.30. The molecule has 0 bridgehead atoms. The predicted molar refractivity (Wildman–Crippen MR) is 77.5 cm³/mol. The summed E-state index contributed by atoms with van der Waals surface area (Å²) in [6, 6.07) is 18.8. The second-order valence-corrected chi connectivity index (χ2v) is 4.51. The van der Waals surface area contributed by atoms with Gasteiger partial charge in [-0.15, -0.1) is 0 Å². The summed E-state index contributed by atoms with van der Waals surface area (Å²) < 4.78 is 0. The number of rotatable bonds is 3. The number of benzene rings is 2. The molecule has 1 N–H and O–H groups in total.